The van der Waals surface area contributed by atoms with Crippen LogP contribution in [-0.2, 0) is 7.05 Å². The van der Waals surface area contributed by atoms with Crippen molar-refractivity contribution in [2.75, 3.05) is 0 Å². The summed E-state index contributed by atoms with van der Waals surface area (Å²) >= 11 is 1.97. The maximum atomic E-state index is 2.37. The van der Waals surface area contributed by atoms with Gasteiger partial charge in [0.1, 0.15) is 11.7 Å². The van der Waals surface area contributed by atoms with Crippen molar-refractivity contribution >= 4 is 32.2 Å². The van der Waals surface area contributed by atoms with Gasteiger partial charge in [0.05, 0.1) is 5.56 Å². The van der Waals surface area contributed by atoms with Gasteiger partial charge in [-0.15, -0.1) is 11.3 Å². The van der Waals surface area contributed by atoms with Crippen molar-refractivity contribution in [2.45, 2.75) is 40.5 Å². The third-order valence-corrected chi connectivity index (χ3v) is 7.18. The lowest BCUT2D eigenvalue weighted by Gasteiger charge is -2.11. The van der Waals surface area contributed by atoms with Crippen LogP contribution >= 0.6 is 11.3 Å². The molecule has 0 radical (unpaired) electrons. The molecule has 0 aliphatic rings. The largest absolute Gasteiger partial charge is 0.230 e. The second kappa shape index (κ2) is 6.21. The van der Waals surface area contributed by atoms with Gasteiger partial charge in [0.25, 0.3) is 0 Å². The van der Waals surface area contributed by atoms with Gasteiger partial charge in [-0.05, 0) is 60.2 Å². The van der Waals surface area contributed by atoms with Crippen molar-refractivity contribution < 1.29 is 4.57 Å². The molecule has 2 aromatic heterocycles. The molecule has 4 rings (SSSR count). The lowest BCUT2D eigenvalue weighted by Crippen LogP contribution is -2.30. The molecule has 1 nitrogen and oxygen atoms in total. The number of fused-ring (bicyclic) bond motifs is 2. The number of rotatable bonds is 2. The van der Waals surface area contributed by atoms with Crippen LogP contribution in [0.2, 0.25) is 0 Å². The van der Waals surface area contributed by atoms with Crippen LogP contribution in [0.25, 0.3) is 32.1 Å². The summed E-state index contributed by atoms with van der Waals surface area (Å²) in [4.78, 5) is 1.50. The summed E-state index contributed by atoms with van der Waals surface area (Å²) < 4.78 is 3.70. The molecule has 4 aromatic rings. The number of nitrogens with zero attached hydrogens (tertiary/aromatic N) is 1. The molecule has 2 heterocycles. The number of benzene rings is 2. The van der Waals surface area contributed by atoms with E-state index in [9.17, 15) is 0 Å². The van der Waals surface area contributed by atoms with Crippen molar-refractivity contribution in [1.29, 1.82) is 0 Å². The minimum absolute atomic E-state index is 0.560. The molecule has 0 aliphatic carbocycles. The van der Waals surface area contributed by atoms with Crippen LogP contribution in [0.5, 0.6) is 0 Å². The van der Waals surface area contributed by atoms with E-state index >= 15 is 0 Å². The average molecular weight is 361 g/mol. The first kappa shape index (κ1) is 17.2. The van der Waals surface area contributed by atoms with E-state index in [1.807, 2.05) is 11.3 Å². The fourth-order valence-electron chi connectivity index (χ4n) is 4.15. The van der Waals surface area contributed by atoms with Crippen LogP contribution in [0, 0.1) is 20.8 Å². The standard InChI is InChI=1S/C24H26NS/c1-14(2)23-17(5)20-11-12-25(6)22(24(20)26-23)21-13-15(3)18-9-7-8-10-19(18)16(21)4/h7-14H,1-6H3/q+1. The smallest absolute Gasteiger partial charge is 0.200 e. The zero-order valence-corrected chi connectivity index (χ0v) is 17.3. The predicted octanol–water partition coefficient (Wildman–Crippen LogP) is 6.59. The first-order valence-electron chi connectivity index (χ1n) is 9.31. The molecular weight excluding hydrogens is 334 g/mol. The molecule has 0 fully saturated rings. The van der Waals surface area contributed by atoms with Gasteiger partial charge in [0, 0.05) is 16.3 Å². The van der Waals surface area contributed by atoms with Gasteiger partial charge in [-0.25, -0.2) is 0 Å². The molecule has 132 valence electrons. The molecule has 2 heteroatoms. The minimum atomic E-state index is 0.560. The second-order valence-electron chi connectivity index (χ2n) is 7.68. The Kier molecular flexibility index (Phi) is 4.11. The average Bonchev–Trinajstić information content (AvgIpc) is 2.95. The summed E-state index contributed by atoms with van der Waals surface area (Å²) in [6.45, 7) is 11.4. The van der Waals surface area contributed by atoms with E-state index in [0.29, 0.717) is 5.92 Å². The summed E-state index contributed by atoms with van der Waals surface area (Å²) in [5, 5.41) is 4.11. The summed E-state index contributed by atoms with van der Waals surface area (Å²) in [6.07, 6.45) is 2.21. The monoisotopic (exact) mass is 360 g/mol. The molecule has 0 saturated carbocycles. The van der Waals surface area contributed by atoms with Crippen molar-refractivity contribution in [1.82, 2.24) is 0 Å². The van der Waals surface area contributed by atoms with Crippen LogP contribution in [-0.4, -0.2) is 0 Å². The van der Waals surface area contributed by atoms with E-state index in [1.165, 1.54) is 53.7 Å². The highest BCUT2D eigenvalue weighted by molar-refractivity contribution is 7.19. The SMILES string of the molecule is Cc1cc(-c2c3sc(C(C)C)c(C)c3cc[n+]2C)c(C)c2ccccc12. The summed E-state index contributed by atoms with van der Waals surface area (Å²) in [7, 11) is 2.17. The van der Waals surface area contributed by atoms with Crippen molar-refractivity contribution in [2.24, 2.45) is 7.05 Å². The van der Waals surface area contributed by atoms with Gasteiger partial charge in [-0.2, -0.15) is 4.57 Å². The number of thiophene rings is 1. The Labute approximate surface area is 159 Å². The summed E-state index contributed by atoms with van der Waals surface area (Å²) in [5.74, 6) is 0.560. The van der Waals surface area contributed by atoms with E-state index in [1.54, 1.807) is 0 Å². The minimum Gasteiger partial charge on any atom is -0.200 e. The number of aryl methyl sites for hydroxylation is 4. The Morgan fingerprint density at radius 3 is 2.27 bits per heavy atom. The lowest BCUT2D eigenvalue weighted by molar-refractivity contribution is -0.659. The Hall–Kier alpha value is -2.19. The first-order valence-corrected chi connectivity index (χ1v) is 10.1. The number of hydrogen-bond acceptors (Lipinski definition) is 1. The zero-order chi connectivity index (χ0) is 18.6. The number of aromatic nitrogens is 1. The normalized spacial score (nSPS) is 11.8. The Morgan fingerprint density at radius 1 is 0.885 bits per heavy atom. The topological polar surface area (TPSA) is 3.88 Å². The van der Waals surface area contributed by atoms with Gasteiger partial charge in [0.15, 0.2) is 6.20 Å². The summed E-state index contributed by atoms with van der Waals surface area (Å²) in [5.41, 5.74) is 6.85. The molecule has 0 spiro atoms. The Balaban J connectivity index is 2.12. The maximum Gasteiger partial charge on any atom is 0.230 e. The third-order valence-electron chi connectivity index (χ3n) is 5.56. The van der Waals surface area contributed by atoms with E-state index in [-0.39, 0.29) is 0 Å². The molecule has 0 unspecified atom stereocenters. The predicted molar refractivity (Wildman–Crippen MR) is 114 cm³/mol. The lowest BCUT2D eigenvalue weighted by atomic mass is 9.93. The highest BCUT2D eigenvalue weighted by atomic mass is 32.1. The van der Waals surface area contributed by atoms with Crippen molar-refractivity contribution in [3.05, 3.63) is 64.2 Å². The first-order chi connectivity index (χ1) is 12.4. The Morgan fingerprint density at radius 2 is 1.58 bits per heavy atom. The van der Waals surface area contributed by atoms with Crippen molar-refractivity contribution in [3.63, 3.8) is 0 Å². The van der Waals surface area contributed by atoms with Crippen LogP contribution in [0.4, 0.5) is 0 Å². The highest BCUT2D eigenvalue weighted by Crippen LogP contribution is 2.41. The molecule has 0 saturated heterocycles. The zero-order valence-electron chi connectivity index (χ0n) is 16.5. The molecule has 0 atom stereocenters. The second-order valence-corrected chi connectivity index (χ2v) is 8.73. The van der Waals surface area contributed by atoms with Crippen LogP contribution in [0.1, 0.15) is 41.3 Å². The van der Waals surface area contributed by atoms with E-state index in [4.69, 9.17) is 0 Å². The Bertz CT molecular complexity index is 1150. The highest BCUT2D eigenvalue weighted by Gasteiger charge is 2.23. The number of pyridine rings is 1. The van der Waals surface area contributed by atoms with E-state index in [2.05, 4.69) is 88.8 Å². The van der Waals surface area contributed by atoms with Crippen LogP contribution in [0.15, 0.2) is 42.6 Å². The fraction of sp³-hybridized carbons (Fsp3) is 0.292. The van der Waals surface area contributed by atoms with Gasteiger partial charge >= 0.3 is 0 Å². The molecule has 0 bridgehead atoms. The molecule has 0 aliphatic heterocycles. The quantitative estimate of drug-likeness (QED) is 0.355. The molecule has 0 amide bonds. The fourth-order valence-corrected chi connectivity index (χ4v) is 5.55. The van der Waals surface area contributed by atoms with Gasteiger partial charge < -0.3 is 0 Å². The van der Waals surface area contributed by atoms with Gasteiger partial charge in [-0.3, -0.25) is 0 Å². The van der Waals surface area contributed by atoms with E-state index < -0.39 is 0 Å². The maximum absolute atomic E-state index is 2.37. The molecule has 2 aromatic carbocycles. The van der Waals surface area contributed by atoms with Crippen LogP contribution in [0.3, 0.4) is 0 Å². The molecule has 0 N–H and O–H groups in total. The summed E-state index contributed by atoms with van der Waals surface area (Å²) in [6, 6.07) is 13.4. The van der Waals surface area contributed by atoms with Crippen molar-refractivity contribution in [3.8, 4) is 11.3 Å². The van der Waals surface area contributed by atoms with E-state index in [0.717, 1.165) is 0 Å². The van der Waals surface area contributed by atoms with Crippen LogP contribution < -0.4 is 4.57 Å². The number of hydrogen-bond donors (Lipinski definition) is 0. The van der Waals surface area contributed by atoms with Gasteiger partial charge in [0.2, 0.25) is 5.69 Å². The van der Waals surface area contributed by atoms with Gasteiger partial charge in [-0.1, -0.05) is 38.1 Å². The molecular formula is C24H26NS+. The third kappa shape index (κ3) is 2.47. The molecule has 26 heavy (non-hydrogen) atoms.